The van der Waals surface area contributed by atoms with E-state index in [0.29, 0.717) is 18.8 Å². The monoisotopic (exact) mass is 558 g/mol. The molecule has 0 radical (unpaired) electrons. The summed E-state index contributed by atoms with van der Waals surface area (Å²) in [7, 11) is -6.49. The molecule has 4 rings (SSSR count). The Hall–Kier alpha value is -2.93. The molecule has 0 saturated carbocycles. The lowest BCUT2D eigenvalue weighted by molar-refractivity contribution is 0.313. The standard InChI is InChI=1S/C23H24F2N4O4S2.ClH/c1-28-10-12-29(13-11-28)19-8-9-22(26-34(30,31)20-6-2-4-17(24)14-20)23(16-19)27-35(32,33)21-7-3-5-18(25)15-21;/h2-9,14-16,26-27H,10-13H2,1H3;1H. The van der Waals surface area contributed by atoms with Gasteiger partial charge in [-0.3, -0.25) is 9.44 Å². The van der Waals surface area contributed by atoms with Crippen LogP contribution in [0.5, 0.6) is 0 Å². The topological polar surface area (TPSA) is 98.8 Å². The molecule has 1 saturated heterocycles. The van der Waals surface area contributed by atoms with Gasteiger partial charge in [0.1, 0.15) is 11.6 Å². The van der Waals surface area contributed by atoms with Crippen LogP contribution in [0.3, 0.4) is 0 Å². The van der Waals surface area contributed by atoms with Crippen LogP contribution in [0.1, 0.15) is 0 Å². The number of nitrogens with one attached hydrogen (secondary N) is 2. The maximum Gasteiger partial charge on any atom is 0.262 e. The summed E-state index contributed by atoms with van der Waals surface area (Å²) in [4.78, 5) is 3.57. The fourth-order valence-corrected chi connectivity index (χ4v) is 5.86. The third-order valence-electron chi connectivity index (χ3n) is 5.57. The van der Waals surface area contributed by atoms with Crippen molar-refractivity contribution >= 4 is 49.5 Å². The Kier molecular flexibility index (Phi) is 8.44. The first-order chi connectivity index (χ1) is 16.5. The van der Waals surface area contributed by atoms with Gasteiger partial charge in [-0.25, -0.2) is 25.6 Å². The quantitative estimate of drug-likeness (QED) is 0.458. The summed E-state index contributed by atoms with van der Waals surface area (Å²) >= 11 is 0. The molecule has 0 aromatic heterocycles. The van der Waals surface area contributed by atoms with Gasteiger partial charge in [-0.05, 0) is 61.6 Å². The molecule has 0 unspecified atom stereocenters. The van der Waals surface area contributed by atoms with Crippen LogP contribution in [-0.4, -0.2) is 55.0 Å². The second-order valence-electron chi connectivity index (χ2n) is 8.15. The van der Waals surface area contributed by atoms with E-state index in [1.807, 2.05) is 11.9 Å². The first-order valence-electron chi connectivity index (χ1n) is 10.7. The van der Waals surface area contributed by atoms with Gasteiger partial charge in [-0.15, -0.1) is 12.4 Å². The van der Waals surface area contributed by atoms with E-state index in [2.05, 4.69) is 14.3 Å². The van der Waals surface area contributed by atoms with Gasteiger partial charge in [0.05, 0.1) is 21.2 Å². The molecule has 1 aliphatic rings. The first kappa shape index (κ1) is 27.7. The van der Waals surface area contributed by atoms with E-state index in [4.69, 9.17) is 0 Å². The van der Waals surface area contributed by atoms with E-state index in [9.17, 15) is 25.6 Å². The molecule has 1 aliphatic heterocycles. The highest BCUT2D eigenvalue weighted by atomic mass is 35.5. The minimum Gasteiger partial charge on any atom is -0.369 e. The lowest BCUT2D eigenvalue weighted by atomic mass is 10.2. The summed E-state index contributed by atoms with van der Waals surface area (Å²) in [5.74, 6) is -1.46. The fraction of sp³-hybridized carbons (Fsp3) is 0.217. The maximum atomic E-state index is 13.7. The highest BCUT2D eigenvalue weighted by molar-refractivity contribution is 7.93. The molecule has 0 bridgehead atoms. The van der Waals surface area contributed by atoms with Crippen molar-refractivity contribution in [3.05, 3.63) is 78.4 Å². The maximum absolute atomic E-state index is 13.7. The van der Waals surface area contributed by atoms with E-state index in [-0.39, 0.29) is 33.6 Å². The zero-order chi connectivity index (χ0) is 25.2. The van der Waals surface area contributed by atoms with Gasteiger partial charge in [0, 0.05) is 31.9 Å². The number of rotatable bonds is 7. The third-order valence-corrected chi connectivity index (χ3v) is 8.30. The Morgan fingerprint density at radius 3 is 1.69 bits per heavy atom. The SMILES string of the molecule is CN1CCN(c2ccc(NS(=O)(=O)c3cccc(F)c3)c(NS(=O)(=O)c3cccc(F)c3)c2)CC1.Cl. The average molecular weight is 559 g/mol. The number of hydrogen-bond donors (Lipinski definition) is 2. The Balaban J connectivity index is 0.00000361. The predicted molar refractivity (Wildman–Crippen MR) is 138 cm³/mol. The van der Waals surface area contributed by atoms with Gasteiger partial charge in [0.15, 0.2) is 0 Å². The molecule has 3 aromatic carbocycles. The molecule has 194 valence electrons. The van der Waals surface area contributed by atoms with Crippen molar-refractivity contribution in [3.63, 3.8) is 0 Å². The molecular weight excluding hydrogens is 534 g/mol. The zero-order valence-electron chi connectivity index (χ0n) is 19.2. The van der Waals surface area contributed by atoms with Gasteiger partial charge in [0.2, 0.25) is 0 Å². The zero-order valence-corrected chi connectivity index (χ0v) is 21.6. The number of anilines is 3. The number of likely N-dealkylation sites (N-methyl/N-ethyl adjacent to an activating group) is 1. The minimum atomic E-state index is -4.25. The van der Waals surface area contributed by atoms with Crippen LogP contribution in [0.4, 0.5) is 25.8 Å². The minimum absolute atomic E-state index is 0. The normalized spacial score (nSPS) is 14.7. The molecule has 13 heteroatoms. The van der Waals surface area contributed by atoms with Crippen molar-refractivity contribution in [2.75, 3.05) is 47.6 Å². The van der Waals surface area contributed by atoms with E-state index < -0.39 is 31.7 Å². The van der Waals surface area contributed by atoms with Gasteiger partial charge in [-0.1, -0.05) is 12.1 Å². The number of nitrogens with zero attached hydrogens (tertiary/aromatic N) is 2. The molecule has 3 aromatic rings. The van der Waals surface area contributed by atoms with E-state index in [1.165, 1.54) is 36.4 Å². The van der Waals surface area contributed by atoms with E-state index in [0.717, 1.165) is 37.4 Å². The predicted octanol–water partition coefficient (Wildman–Crippen LogP) is 3.74. The Morgan fingerprint density at radius 2 is 1.19 bits per heavy atom. The summed E-state index contributed by atoms with van der Waals surface area (Å²) in [6, 6.07) is 13.6. The van der Waals surface area contributed by atoms with E-state index >= 15 is 0 Å². The van der Waals surface area contributed by atoms with Crippen LogP contribution in [0.15, 0.2) is 76.5 Å². The lowest BCUT2D eigenvalue weighted by Gasteiger charge is -2.34. The number of halogens is 3. The van der Waals surface area contributed by atoms with Crippen LogP contribution in [0.2, 0.25) is 0 Å². The largest absolute Gasteiger partial charge is 0.369 e. The lowest BCUT2D eigenvalue weighted by Crippen LogP contribution is -2.44. The molecule has 0 aliphatic carbocycles. The van der Waals surface area contributed by atoms with Crippen molar-refractivity contribution in [1.82, 2.24) is 4.90 Å². The molecule has 36 heavy (non-hydrogen) atoms. The Morgan fingerprint density at radius 1 is 0.694 bits per heavy atom. The van der Waals surface area contributed by atoms with Crippen LogP contribution in [0, 0.1) is 11.6 Å². The van der Waals surface area contributed by atoms with Crippen LogP contribution < -0.4 is 14.3 Å². The summed E-state index contributed by atoms with van der Waals surface area (Å²) in [5, 5.41) is 0. The van der Waals surface area contributed by atoms with Gasteiger partial charge >= 0.3 is 0 Å². The number of hydrogen-bond acceptors (Lipinski definition) is 6. The number of benzene rings is 3. The molecule has 1 heterocycles. The molecule has 2 N–H and O–H groups in total. The smallest absolute Gasteiger partial charge is 0.262 e. The second-order valence-corrected chi connectivity index (χ2v) is 11.5. The van der Waals surface area contributed by atoms with Gasteiger partial charge in [-0.2, -0.15) is 0 Å². The summed E-state index contributed by atoms with van der Waals surface area (Å²) in [6.07, 6.45) is 0. The molecule has 0 spiro atoms. The van der Waals surface area contributed by atoms with Crippen molar-refractivity contribution in [3.8, 4) is 0 Å². The fourth-order valence-electron chi connectivity index (χ4n) is 3.64. The van der Waals surface area contributed by atoms with Crippen LogP contribution in [0.25, 0.3) is 0 Å². The van der Waals surface area contributed by atoms with Crippen LogP contribution >= 0.6 is 12.4 Å². The third kappa shape index (κ3) is 6.44. The molecule has 0 atom stereocenters. The summed E-state index contributed by atoms with van der Waals surface area (Å²) in [5.41, 5.74) is 0.571. The van der Waals surface area contributed by atoms with Crippen LogP contribution in [-0.2, 0) is 20.0 Å². The highest BCUT2D eigenvalue weighted by Crippen LogP contribution is 2.32. The van der Waals surface area contributed by atoms with Gasteiger partial charge < -0.3 is 9.80 Å². The Bertz CT molecular complexity index is 1450. The molecule has 8 nitrogen and oxygen atoms in total. The van der Waals surface area contributed by atoms with Crippen molar-refractivity contribution in [2.45, 2.75) is 9.79 Å². The molecular formula is C23H25ClF2N4O4S2. The summed E-state index contributed by atoms with van der Waals surface area (Å²) in [6.45, 7) is 3.00. The highest BCUT2D eigenvalue weighted by Gasteiger charge is 2.23. The van der Waals surface area contributed by atoms with Crippen molar-refractivity contribution in [1.29, 1.82) is 0 Å². The van der Waals surface area contributed by atoms with Crippen molar-refractivity contribution in [2.24, 2.45) is 0 Å². The average Bonchev–Trinajstić information content (AvgIpc) is 2.80. The number of piperazine rings is 1. The first-order valence-corrected chi connectivity index (χ1v) is 13.6. The summed E-state index contributed by atoms with van der Waals surface area (Å²) < 4.78 is 83.8. The molecule has 0 amide bonds. The van der Waals surface area contributed by atoms with E-state index in [1.54, 1.807) is 6.07 Å². The number of sulfonamides is 2. The second kappa shape index (κ2) is 11.0. The van der Waals surface area contributed by atoms with Crippen molar-refractivity contribution < 1.29 is 25.6 Å². The van der Waals surface area contributed by atoms with Gasteiger partial charge in [0.25, 0.3) is 20.0 Å². The Labute approximate surface area is 215 Å². The molecule has 1 fully saturated rings.